The van der Waals surface area contributed by atoms with Gasteiger partial charge in [-0.25, -0.2) is 4.99 Å². The molecule has 9 nitrogen and oxygen atoms in total. The fraction of sp³-hybridized carbons (Fsp3) is 0.189. The molecule has 0 amide bonds. The number of aromatic nitrogens is 1. The molecule has 236 valence electrons. The van der Waals surface area contributed by atoms with E-state index in [-0.39, 0.29) is 23.9 Å². The van der Waals surface area contributed by atoms with Crippen LogP contribution in [-0.4, -0.2) is 23.2 Å². The van der Waals surface area contributed by atoms with Gasteiger partial charge in [-0.15, -0.1) is 0 Å². The Morgan fingerprint density at radius 1 is 0.979 bits per heavy atom. The normalized spacial score (nSPS) is 15.3. The van der Waals surface area contributed by atoms with E-state index in [1.165, 1.54) is 29.0 Å². The van der Waals surface area contributed by atoms with Gasteiger partial charge in [-0.05, 0) is 90.1 Å². The van der Waals surface area contributed by atoms with Gasteiger partial charge in [0.15, 0.2) is 16.3 Å². The first-order valence-electron chi connectivity index (χ1n) is 15.3. The zero-order valence-electron chi connectivity index (χ0n) is 25.8. The van der Waals surface area contributed by atoms with Crippen molar-refractivity contribution in [1.82, 2.24) is 4.57 Å². The molecule has 0 unspecified atom stereocenters. The molecule has 1 aromatic heterocycles. The molecule has 0 bridgehead atoms. The minimum absolute atomic E-state index is 0.0261. The third-order valence-corrected chi connectivity index (χ3v) is 9.37. The highest BCUT2D eigenvalue weighted by atomic mass is 32.1. The van der Waals surface area contributed by atoms with Crippen LogP contribution in [0.1, 0.15) is 47.2 Å². The van der Waals surface area contributed by atoms with Crippen LogP contribution in [0.3, 0.4) is 0 Å². The lowest BCUT2D eigenvalue weighted by atomic mass is 9.83. The van der Waals surface area contributed by atoms with Crippen molar-refractivity contribution in [2.24, 2.45) is 4.99 Å². The second kappa shape index (κ2) is 12.7. The lowest BCUT2D eigenvalue weighted by Gasteiger charge is -2.31. The number of nitro benzene ring substituents is 1. The minimum Gasteiger partial charge on any atom is -0.497 e. The Balaban J connectivity index is 1.28. The van der Waals surface area contributed by atoms with E-state index < -0.39 is 4.92 Å². The number of rotatable bonds is 9. The Morgan fingerprint density at radius 2 is 1.81 bits per heavy atom. The van der Waals surface area contributed by atoms with Gasteiger partial charge < -0.3 is 14.2 Å². The number of nitrogens with zero attached hydrogens (tertiary/aromatic N) is 3. The zero-order chi connectivity index (χ0) is 32.5. The number of aryl methyl sites for hydroxylation is 1. The summed E-state index contributed by atoms with van der Waals surface area (Å²) in [5.41, 5.74) is 6.92. The van der Waals surface area contributed by atoms with E-state index >= 15 is 0 Å². The van der Waals surface area contributed by atoms with E-state index in [4.69, 9.17) is 19.2 Å². The maximum Gasteiger partial charge on any atom is 0.271 e. The summed E-state index contributed by atoms with van der Waals surface area (Å²) in [6, 6.07) is 27.8. The van der Waals surface area contributed by atoms with Gasteiger partial charge in [-0.1, -0.05) is 53.8 Å². The monoisotopic (exact) mass is 645 g/mol. The summed E-state index contributed by atoms with van der Waals surface area (Å²) in [6.07, 6.45) is 3.56. The number of methoxy groups -OCH3 is 1. The van der Waals surface area contributed by atoms with Crippen molar-refractivity contribution in [2.75, 3.05) is 13.7 Å². The van der Waals surface area contributed by atoms with Crippen molar-refractivity contribution < 1.29 is 19.1 Å². The molecule has 0 fully saturated rings. The highest BCUT2D eigenvalue weighted by Crippen LogP contribution is 2.41. The molecular formula is C37H31N3O6S. The number of hydrogen-bond acceptors (Lipinski definition) is 8. The van der Waals surface area contributed by atoms with Crippen LogP contribution in [0.5, 0.6) is 17.2 Å². The van der Waals surface area contributed by atoms with Crippen molar-refractivity contribution in [3.05, 3.63) is 154 Å². The first-order chi connectivity index (χ1) is 22.9. The van der Waals surface area contributed by atoms with Crippen LogP contribution < -0.4 is 29.1 Å². The Morgan fingerprint density at radius 3 is 2.60 bits per heavy atom. The maximum absolute atomic E-state index is 14.2. The molecule has 10 heteroatoms. The standard InChI is InChI=1S/C37H31N3O6S/c1-3-45-32-19-24(13-18-31(32)46-22-23-11-15-27(16-12-23)40(42)43)20-33-36(41)39-35(26-8-6-9-28(21-26)44-2)30-17-14-25-7-4-5-10-29(25)34(30)38-37(39)47-33/h4-13,15-16,18-21,35H,3,14,17,22H2,1-2H3/b33-20+/t35-/m0/s1. The van der Waals surface area contributed by atoms with Gasteiger partial charge in [0.1, 0.15) is 12.4 Å². The van der Waals surface area contributed by atoms with Gasteiger partial charge in [0.05, 0.1) is 34.9 Å². The van der Waals surface area contributed by atoms with Gasteiger partial charge >= 0.3 is 0 Å². The van der Waals surface area contributed by atoms with Crippen molar-refractivity contribution in [3.8, 4) is 17.2 Å². The quantitative estimate of drug-likeness (QED) is 0.139. The fourth-order valence-electron chi connectivity index (χ4n) is 6.16. The van der Waals surface area contributed by atoms with E-state index in [0.717, 1.165) is 52.1 Å². The predicted molar refractivity (Wildman–Crippen MR) is 181 cm³/mol. The molecule has 0 saturated heterocycles. The Kier molecular flexibility index (Phi) is 8.17. The third-order valence-electron chi connectivity index (χ3n) is 8.39. The molecule has 1 aliphatic carbocycles. The van der Waals surface area contributed by atoms with Crippen molar-refractivity contribution in [1.29, 1.82) is 0 Å². The molecule has 0 spiro atoms. The van der Waals surface area contributed by atoms with Gasteiger partial charge in [-0.3, -0.25) is 19.5 Å². The van der Waals surface area contributed by atoms with Crippen LogP contribution in [0.25, 0.3) is 11.8 Å². The number of non-ortho nitro benzene ring substituents is 1. The zero-order valence-corrected chi connectivity index (χ0v) is 26.7. The highest BCUT2D eigenvalue weighted by molar-refractivity contribution is 7.07. The van der Waals surface area contributed by atoms with Crippen LogP contribution in [0.4, 0.5) is 5.69 Å². The third kappa shape index (κ3) is 5.83. The molecule has 47 heavy (non-hydrogen) atoms. The largest absolute Gasteiger partial charge is 0.497 e. The van der Waals surface area contributed by atoms with Crippen LogP contribution >= 0.6 is 11.3 Å². The van der Waals surface area contributed by atoms with Gasteiger partial charge in [0.2, 0.25) is 0 Å². The average molecular weight is 646 g/mol. The molecule has 1 atom stereocenters. The van der Waals surface area contributed by atoms with Crippen molar-refractivity contribution >= 4 is 28.8 Å². The Labute approximate surface area is 274 Å². The molecule has 2 heterocycles. The summed E-state index contributed by atoms with van der Waals surface area (Å²) in [7, 11) is 1.65. The number of fused-ring (bicyclic) bond motifs is 3. The second-order valence-corrected chi connectivity index (χ2v) is 12.3. The first kappa shape index (κ1) is 30.2. The number of thiazole rings is 1. The summed E-state index contributed by atoms with van der Waals surface area (Å²) in [6.45, 7) is 2.53. The van der Waals surface area contributed by atoms with Crippen LogP contribution in [0, 0.1) is 10.1 Å². The molecule has 4 aromatic carbocycles. The Hall–Kier alpha value is -5.48. The van der Waals surface area contributed by atoms with E-state index in [1.54, 1.807) is 19.2 Å². The van der Waals surface area contributed by atoms with E-state index in [1.807, 2.05) is 66.1 Å². The Bertz CT molecular complexity index is 2220. The summed E-state index contributed by atoms with van der Waals surface area (Å²) >= 11 is 1.37. The van der Waals surface area contributed by atoms with E-state index in [9.17, 15) is 14.9 Å². The summed E-state index contributed by atoms with van der Waals surface area (Å²) < 4.78 is 19.9. The molecule has 5 aromatic rings. The van der Waals surface area contributed by atoms with Gasteiger partial charge in [0, 0.05) is 17.7 Å². The van der Waals surface area contributed by atoms with Gasteiger partial charge in [0.25, 0.3) is 11.2 Å². The molecule has 2 aliphatic rings. The second-order valence-electron chi connectivity index (χ2n) is 11.2. The molecule has 0 saturated carbocycles. The fourth-order valence-corrected chi connectivity index (χ4v) is 7.16. The molecular weight excluding hydrogens is 614 g/mol. The average Bonchev–Trinajstić information content (AvgIpc) is 3.40. The number of allylic oxidation sites excluding steroid dienone is 1. The molecule has 0 N–H and O–H groups in total. The van der Waals surface area contributed by atoms with Gasteiger partial charge in [-0.2, -0.15) is 0 Å². The van der Waals surface area contributed by atoms with Crippen LogP contribution in [0.15, 0.2) is 106 Å². The van der Waals surface area contributed by atoms with Crippen LogP contribution in [-0.2, 0) is 13.0 Å². The predicted octanol–water partition coefficient (Wildman–Crippen LogP) is 6.21. The molecule has 7 rings (SSSR count). The SMILES string of the molecule is CCOc1cc(/C=c2/sc3n(c2=O)[C@@H](c2cccc(OC)c2)C2=C(N=3)c3ccccc3CC2)ccc1OCc1ccc([N+](=O)[O-])cc1. The smallest absolute Gasteiger partial charge is 0.271 e. The first-order valence-corrected chi connectivity index (χ1v) is 16.1. The number of benzene rings is 4. The molecule has 0 radical (unpaired) electrons. The maximum atomic E-state index is 14.2. The van der Waals surface area contributed by atoms with Crippen LogP contribution in [0.2, 0.25) is 0 Å². The lowest BCUT2D eigenvalue weighted by Crippen LogP contribution is -2.38. The lowest BCUT2D eigenvalue weighted by molar-refractivity contribution is -0.384. The molecule has 1 aliphatic heterocycles. The number of ether oxygens (including phenoxy) is 3. The highest BCUT2D eigenvalue weighted by Gasteiger charge is 2.32. The van der Waals surface area contributed by atoms with E-state index in [2.05, 4.69) is 18.2 Å². The summed E-state index contributed by atoms with van der Waals surface area (Å²) in [4.78, 5) is 30.5. The minimum atomic E-state index is -0.431. The van der Waals surface area contributed by atoms with E-state index in [0.29, 0.717) is 27.4 Å². The topological polar surface area (TPSA) is 105 Å². The van der Waals surface area contributed by atoms with Crippen molar-refractivity contribution in [2.45, 2.75) is 32.4 Å². The summed E-state index contributed by atoms with van der Waals surface area (Å²) in [5.74, 6) is 1.81. The number of hydrogen-bond donors (Lipinski definition) is 0. The number of nitro groups is 1. The summed E-state index contributed by atoms with van der Waals surface area (Å²) in [5, 5.41) is 11.0. The van der Waals surface area contributed by atoms with Crippen molar-refractivity contribution in [3.63, 3.8) is 0 Å².